The van der Waals surface area contributed by atoms with Crippen molar-refractivity contribution in [3.8, 4) is 0 Å². The fourth-order valence-electron chi connectivity index (χ4n) is 3.15. The van der Waals surface area contributed by atoms with Gasteiger partial charge in [-0.1, -0.05) is 25.0 Å². The fourth-order valence-corrected chi connectivity index (χ4v) is 3.15. The molecule has 0 unspecified atom stereocenters. The number of nitrogens with one attached hydrogen (secondary N) is 1. The summed E-state index contributed by atoms with van der Waals surface area (Å²) in [4.78, 5) is 25.3. The van der Waals surface area contributed by atoms with E-state index in [-0.39, 0.29) is 18.4 Å². The second-order valence-corrected chi connectivity index (χ2v) is 5.68. The van der Waals surface area contributed by atoms with E-state index in [0.29, 0.717) is 24.6 Å². The van der Waals surface area contributed by atoms with Crippen LogP contribution in [0.3, 0.4) is 0 Å². The third-order valence-corrected chi connectivity index (χ3v) is 4.31. The van der Waals surface area contributed by atoms with Gasteiger partial charge in [0.1, 0.15) is 0 Å². The van der Waals surface area contributed by atoms with E-state index in [0.717, 1.165) is 0 Å². The molecular formula is C16H20N2O2. The molecule has 1 saturated carbocycles. The van der Waals surface area contributed by atoms with Crippen molar-refractivity contribution in [2.45, 2.75) is 31.6 Å². The van der Waals surface area contributed by atoms with Gasteiger partial charge in [-0.25, -0.2) is 0 Å². The maximum Gasteiger partial charge on any atom is 0.254 e. The molecule has 1 N–H and O–H groups in total. The number of carbonyl (C=O) groups excluding carboxylic acids is 2. The molecule has 0 bridgehead atoms. The van der Waals surface area contributed by atoms with Crippen LogP contribution >= 0.6 is 0 Å². The number of carbonyl (C=O) groups is 2. The zero-order valence-corrected chi connectivity index (χ0v) is 11.6. The van der Waals surface area contributed by atoms with Crippen LogP contribution in [-0.2, 0) is 4.79 Å². The van der Waals surface area contributed by atoms with Gasteiger partial charge in [0.05, 0.1) is 6.54 Å². The van der Waals surface area contributed by atoms with E-state index in [2.05, 4.69) is 17.4 Å². The van der Waals surface area contributed by atoms with E-state index in [1.807, 2.05) is 12.1 Å². The van der Waals surface area contributed by atoms with Gasteiger partial charge in [0.25, 0.3) is 5.91 Å². The number of hydrogen-bond donors (Lipinski definition) is 1. The minimum absolute atomic E-state index is 0.0437. The van der Waals surface area contributed by atoms with Crippen molar-refractivity contribution in [3.63, 3.8) is 0 Å². The van der Waals surface area contributed by atoms with E-state index in [9.17, 15) is 9.59 Å². The maximum absolute atomic E-state index is 12.3. The summed E-state index contributed by atoms with van der Waals surface area (Å²) in [5, 5.41) is 2.73. The third kappa shape index (κ3) is 2.69. The Hall–Kier alpha value is -1.84. The molecule has 1 aliphatic heterocycles. The van der Waals surface area contributed by atoms with Gasteiger partial charge in [-0.15, -0.1) is 0 Å². The van der Waals surface area contributed by atoms with E-state index in [4.69, 9.17) is 0 Å². The van der Waals surface area contributed by atoms with Crippen molar-refractivity contribution < 1.29 is 9.59 Å². The van der Waals surface area contributed by atoms with Gasteiger partial charge < -0.3 is 10.2 Å². The molecule has 2 fully saturated rings. The van der Waals surface area contributed by atoms with Gasteiger partial charge in [-0.2, -0.15) is 0 Å². The van der Waals surface area contributed by atoms with Gasteiger partial charge >= 0.3 is 0 Å². The Morgan fingerprint density at radius 2 is 1.85 bits per heavy atom. The lowest BCUT2D eigenvalue weighted by molar-refractivity contribution is -0.123. The molecule has 0 radical (unpaired) electrons. The first-order chi connectivity index (χ1) is 9.74. The number of nitrogens with zero attached hydrogens (tertiary/aromatic N) is 1. The third-order valence-electron chi connectivity index (χ3n) is 4.31. The zero-order chi connectivity index (χ0) is 13.9. The second kappa shape index (κ2) is 5.65. The second-order valence-electron chi connectivity index (χ2n) is 5.68. The molecular weight excluding hydrogens is 252 g/mol. The quantitative estimate of drug-likeness (QED) is 0.894. The number of benzene rings is 1. The predicted octanol–water partition coefficient (Wildman–Crippen LogP) is 1.92. The van der Waals surface area contributed by atoms with Gasteiger partial charge in [0.15, 0.2) is 0 Å². The van der Waals surface area contributed by atoms with Crippen molar-refractivity contribution in [2.75, 3.05) is 19.6 Å². The van der Waals surface area contributed by atoms with E-state index < -0.39 is 0 Å². The van der Waals surface area contributed by atoms with E-state index >= 15 is 0 Å². The molecule has 2 amide bonds. The highest BCUT2D eigenvalue weighted by molar-refractivity contribution is 5.97. The molecule has 0 aromatic heterocycles. The standard InChI is InChI=1S/C16H20N2O2/c19-15-11-18(10-9-17-15)16(20)14-7-5-13(6-8-14)12-3-1-2-4-12/h5-8,12H,1-4,9-11H2,(H,17,19). The average molecular weight is 272 g/mol. The smallest absolute Gasteiger partial charge is 0.254 e. The highest BCUT2D eigenvalue weighted by Crippen LogP contribution is 2.34. The van der Waals surface area contributed by atoms with Crippen molar-refractivity contribution in [1.82, 2.24) is 10.2 Å². The first-order valence-corrected chi connectivity index (χ1v) is 7.40. The van der Waals surface area contributed by atoms with E-state index in [1.165, 1.54) is 31.2 Å². The Kier molecular flexibility index (Phi) is 3.72. The topological polar surface area (TPSA) is 49.4 Å². The summed E-state index contributed by atoms with van der Waals surface area (Å²) < 4.78 is 0. The molecule has 1 aromatic carbocycles. The lowest BCUT2D eigenvalue weighted by Gasteiger charge is -2.26. The van der Waals surface area contributed by atoms with E-state index in [1.54, 1.807) is 4.90 Å². The largest absolute Gasteiger partial charge is 0.353 e. The molecule has 1 aliphatic carbocycles. The molecule has 3 rings (SSSR count). The van der Waals surface area contributed by atoms with Crippen LogP contribution in [0, 0.1) is 0 Å². The van der Waals surface area contributed by atoms with Crippen molar-refractivity contribution in [3.05, 3.63) is 35.4 Å². The Balaban J connectivity index is 1.70. The van der Waals surface area contributed by atoms with Gasteiger partial charge in [0, 0.05) is 18.7 Å². The number of piperazine rings is 1. The highest BCUT2D eigenvalue weighted by Gasteiger charge is 2.23. The van der Waals surface area contributed by atoms with Gasteiger partial charge in [-0.05, 0) is 36.5 Å². The molecule has 1 saturated heterocycles. The summed E-state index contributed by atoms with van der Waals surface area (Å²) in [5.74, 6) is 0.546. The van der Waals surface area contributed by atoms with Crippen LogP contribution in [0.2, 0.25) is 0 Å². The minimum atomic E-state index is -0.0767. The number of hydrogen-bond acceptors (Lipinski definition) is 2. The van der Waals surface area contributed by atoms with Crippen LogP contribution in [0.5, 0.6) is 0 Å². The number of rotatable bonds is 2. The first-order valence-electron chi connectivity index (χ1n) is 7.40. The summed E-state index contributed by atoms with van der Waals surface area (Å²) >= 11 is 0. The van der Waals surface area contributed by atoms with Crippen LogP contribution in [-0.4, -0.2) is 36.3 Å². The van der Waals surface area contributed by atoms with Crippen LogP contribution in [0.15, 0.2) is 24.3 Å². The summed E-state index contributed by atoms with van der Waals surface area (Å²) in [6, 6.07) is 7.96. The summed E-state index contributed by atoms with van der Waals surface area (Å²) in [6.07, 6.45) is 5.15. The fraction of sp³-hybridized carbons (Fsp3) is 0.500. The van der Waals surface area contributed by atoms with Gasteiger partial charge in [0.2, 0.25) is 5.91 Å². The van der Waals surface area contributed by atoms with Crippen molar-refractivity contribution >= 4 is 11.8 Å². The first kappa shape index (κ1) is 13.2. The normalized spacial score (nSPS) is 20.0. The summed E-state index contributed by atoms with van der Waals surface area (Å²) in [6.45, 7) is 1.31. The van der Waals surface area contributed by atoms with Crippen LogP contribution in [0.25, 0.3) is 0 Å². The molecule has 0 atom stereocenters. The SMILES string of the molecule is O=C1CN(C(=O)c2ccc(C3CCCC3)cc2)CCN1. The van der Waals surface area contributed by atoms with Crippen LogP contribution < -0.4 is 5.32 Å². The highest BCUT2D eigenvalue weighted by atomic mass is 16.2. The number of amides is 2. The monoisotopic (exact) mass is 272 g/mol. The molecule has 1 heterocycles. The Morgan fingerprint density at radius 1 is 1.15 bits per heavy atom. The minimum Gasteiger partial charge on any atom is -0.353 e. The van der Waals surface area contributed by atoms with Crippen LogP contribution in [0.1, 0.15) is 47.5 Å². The molecule has 2 aliphatic rings. The molecule has 0 spiro atoms. The summed E-state index contributed by atoms with van der Waals surface area (Å²) in [7, 11) is 0. The Labute approximate surface area is 119 Å². The molecule has 20 heavy (non-hydrogen) atoms. The lowest BCUT2D eigenvalue weighted by atomic mass is 9.96. The van der Waals surface area contributed by atoms with Gasteiger partial charge in [-0.3, -0.25) is 9.59 Å². The molecule has 1 aromatic rings. The Bertz CT molecular complexity index is 504. The molecule has 106 valence electrons. The zero-order valence-electron chi connectivity index (χ0n) is 11.6. The summed E-state index contributed by atoms with van der Waals surface area (Å²) in [5.41, 5.74) is 2.02. The maximum atomic E-state index is 12.3. The molecule has 4 nitrogen and oxygen atoms in total. The Morgan fingerprint density at radius 3 is 2.50 bits per heavy atom. The lowest BCUT2D eigenvalue weighted by Crippen LogP contribution is -2.49. The average Bonchev–Trinajstić information content (AvgIpc) is 3.01. The van der Waals surface area contributed by atoms with Crippen molar-refractivity contribution in [1.29, 1.82) is 0 Å². The van der Waals surface area contributed by atoms with Crippen LogP contribution in [0.4, 0.5) is 0 Å². The van der Waals surface area contributed by atoms with Crippen molar-refractivity contribution in [2.24, 2.45) is 0 Å². The molecule has 4 heteroatoms. The predicted molar refractivity (Wildman–Crippen MR) is 76.6 cm³/mol.